The van der Waals surface area contributed by atoms with Gasteiger partial charge in [0, 0.05) is 42.7 Å². The highest BCUT2D eigenvalue weighted by Crippen LogP contribution is 2.36. The summed E-state index contributed by atoms with van der Waals surface area (Å²) in [5.74, 6) is -5.17. The van der Waals surface area contributed by atoms with Crippen LogP contribution in [0.1, 0.15) is 46.6 Å². The molecule has 2 aliphatic heterocycles. The number of hydrogen-bond donors (Lipinski definition) is 1. The number of hydrogen-bond acceptors (Lipinski definition) is 8. The fourth-order valence-corrected chi connectivity index (χ4v) is 6.38. The second-order valence-electron chi connectivity index (χ2n) is 10.2. The number of amides is 1. The molecule has 2 aliphatic rings. The second-order valence-corrected chi connectivity index (χ2v) is 11.3. The third kappa shape index (κ3) is 5.23. The van der Waals surface area contributed by atoms with Gasteiger partial charge in [0.25, 0.3) is 5.91 Å². The van der Waals surface area contributed by atoms with Crippen LogP contribution < -0.4 is 15.1 Å². The van der Waals surface area contributed by atoms with Gasteiger partial charge in [-0.15, -0.1) is 21.5 Å². The van der Waals surface area contributed by atoms with Crippen LogP contribution in [-0.2, 0) is 25.7 Å². The molecule has 1 fully saturated rings. The molecular formula is C26H24F6N8OS. The van der Waals surface area contributed by atoms with E-state index in [1.54, 1.807) is 0 Å². The number of benzene rings is 1. The molecule has 3 aromatic heterocycles. The van der Waals surface area contributed by atoms with Crippen LogP contribution in [0.15, 0.2) is 18.2 Å². The Kier molecular flexibility index (Phi) is 7.19. The second kappa shape index (κ2) is 10.7. The molecule has 42 heavy (non-hydrogen) atoms. The van der Waals surface area contributed by atoms with Gasteiger partial charge in [-0.2, -0.15) is 18.2 Å². The Morgan fingerprint density at radius 2 is 1.81 bits per heavy atom. The number of carbonyl (C=O) groups excluding carboxylic acids is 1. The van der Waals surface area contributed by atoms with Crippen molar-refractivity contribution < 1.29 is 31.1 Å². The third-order valence-corrected chi connectivity index (χ3v) is 8.36. The first kappa shape index (κ1) is 28.2. The van der Waals surface area contributed by atoms with Crippen molar-refractivity contribution >= 4 is 39.2 Å². The molecule has 1 atom stereocenters. The van der Waals surface area contributed by atoms with Crippen LogP contribution in [0.5, 0.6) is 0 Å². The lowest BCUT2D eigenvalue weighted by atomic mass is 10.1. The monoisotopic (exact) mass is 610 g/mol. The lowest BCUT2D eigenvalue weighted by Crippen LogP contribution is -2.38. The SMILES string of the molecule is CCCc1cc2c(N3CCn4c(nnc4C(F)(F)F)C3)nc(N3CC[C@H](NC(=O)c4cc(F)c(F)c(F)c4)C3)nc2s1. The zero-order valence-electron chi connectivity index (χ0n) is 22.2. The Labute approximate surface area is 239 Å². The van der Waals surface area contributed by atoms with E-state index in [1.807, 2.05) is 15.9 Å². The Hall–Kier alpha value is -3.95. The molecule has 9 nitrogen and oxygen atoms in total. The molecule has 0 radical (unpaired) electrons. The molecule has 5 heterocycles. The first-order chi connectivity index (χ1) is 20.0. The number of fused-ring (bicyclic) bond motifs is 2. The molecule has 1 aromatic carbocycles. The first-order valence-corrected chi connectivity index (χ1v) is 14.1. The molecule has 0 unspecified atom stereocenters. The van der Waals surface area contributed by atoms with Gasteiger partial charge in [-0.3, -0.25) is 4.79 Å². The molecule has 0 aliphatic carbocycles. The van der Waals surface area contributed by atoms with Crippen LogP contribution in [0.3, 0.4) is 0 Å². The van der Waals surface area contributed by atoms with Crippen molar-refractivity contribution in [3.05, 3.63) is 57.7 Å². The summed E-state index contributed by atoms with van der Waals surface area (Å²) in [5.41, 5.74) is -0.335. The van der Waals surface area contributed by atoms with Crippen LogP contribution >= 0.6 is 11.3 Å². The number of nitrogens with one attached hydrogen (secondary N) is 1. The minimum atomic E-state index is -4.61. The molecular weight excluding hydrogens is 586 g/mol. The third-order valence-electron chi connectivity index (χ3n) is 7.27. The summed E-state index contributed by atoms with van der Waals surface area (Å²) >= 11 is 1.52. The fourth-order valence-electron chi connectivity index (χ4n) is 5.26. The number of carbonyl (C=O) groups is 1. The van der Waals surface area contributed by atoms with Gasteiger partial charge in [0.15, 0.2) is 23.3 Å². The van der Waals surface area contributed by atoms with Crippen molar-refractivity contribution in [2.24, 2.45) is 0 Å². The Morgan fingerprint density at radius 3 is 2.52 bits per heavy atom. The van der Waals surface area contributed by atoms with E-state index in [9.17, 15) is 31.1 Å². The Morgan fingerprint density at radius 1 is 1.05 bits per heavy atom. The summed E-state index contributed by atoms with van der Waals surface area (Å²) in [6.45, 7) is 3.20. The van der Waals surface area contributed by atoms with Crippen molar-refractivity contribution in [2.45, 2.75) is 51.5 Å². The van der Waals surface area contributed by atoms with Crippen molar-refractivity contribution in [2.75, 3.05) is 29.4 Å². The zero-order chi connectivity index (χ0) is 29.8. The van der Waals surface area contributed by atoms with E-state index in [2.05, 4.69) is 22.4 Å². The van der Waals surface area contributed by atoms with E-state index < -0.39 is 41.4 Å². The standard InChI is InChI=1S/C26H24F6N8OS/c1-2-3-15-10-16-21(38-6-7-40-19(12-38)36-37-24(40)26(30,31)32)34-25(35-23(16)42-15)39-5-4-14(11-39)33-22(41)13-8-17(27)20(29)18(28)9-13/h8-10,14H,2-7,11-12H2,1H3,(H,33,41)/t14-/m0/s1. The predicted octanol–water partition coefficient (Wildman–Crippen LogP) is 4.70. The molecule has 16 heteroatoms. The van der Waals surface area contributed by atoms with Gasteiger partial charge in [-0.1, -0.05) is 13.3 Å². The lowest BCUT2D eigenvalue weighted by Gasteiger charge is -2.30. The van der Waals surface area contributed by atoms with Gasteiger partial charge < -0.3 is 19.7 Å². The highest BCUT2D eigenvalue weighted by Gasteiger charge is 2.40. The topological polar surface area (TPSA) is 92.1 Å². The van der Waals surface area contributed by atoms with E-state index >= 15 is 0 Å². The maximum absolute atomic E-state index is 13.6. The number of nitrogens with zero attached hydrogens (tertiary/aromatic N) is 7. The van der Waals surface area contributed by atoms with Gasteiger partial charge in [0.1, 0.15) is 10.6 Å². The molecule has 222 valence electrons. The van der Waals surface area contributed by atoms with Gasteiger partial charge >= 0.3 is 6.18 Å². The molecule has 1 saturated heterocycles. The number of anilines is 2. The van der Waals surface area contributed by atoms with E-state index in [0.717, 1.165) is 32.5 Å². The van der Waals surface area contributed by atoms with Crippen molar-refractivity contribution in [3.8, 4) is 0 Å². The predicted molar refractivity (Wildman–Crippen MR) is 142 cm³/mol. The average Bonchev–Trinajstić information content (AvgIpc) is 3.68. The van der Waals surface area contributed by atoms with Crippen LogP contribution in [0.2, 0.25) is 0 Å². The Balaban J connectivity index is 1.26. The van der Waals surface area contributed by atoms with Gasteiger partial charge in [-0.25, -0.2) is 18.2 Å². The van der Waals surface area contributed by atoms with E-state index in [0.29, 0.717) is 43.4 Å². The number of rotatable bonds is 6. The largest absolute Gasteiger partial charge is 0.451 e. The summed E-state index contributed by atoms with van der Waals surface area (Å²) < 4.78 is 81.7. The highest BCUT2D eigenvalue weighted by molar-refractivity contribution is 7.18. The minimum Gasteiger partial charge on any atom is -0.347 e. The number of alkyl halides is 3. The summed E-state index contributed by atoms with van der Waals surface area (Å²) in [4.78, 5) is 27.8. The lowest BCUT2D eigenvalue weighted by molar-refractivity contribution is -0.147. The number of thiophene rings is 1. The maximum Gasteiger partial charge on any atom is 0.451 e. The van der Waals surface area contributed by atoms with E-state index in [1.165, 1.54) is 11.3 Å². The van der Waals surface area contributed by atoms with Crippen LogP contribution in [0.25, 0.3) is 10.2 Å². The van der Waals surface area contributed by atoms with Gasteiger partial charge in [-0.05, 0) is 31.0 Å². The summed E-state index contributed by atoms with van der Waals surface area (Å²) in [7, 11) is 0. The minimum absolute atomic E-state index is 0.0341. The number of halogens is 6. The van der Waals surface area contributed by atoms with Gasteiger partial charge in [0.05, 0.1) is 11.9 Å². The number of aromatic nitrogens is 5. The highest BCUT2D eigenvalue weighted by atomic mass is 32.1. The quantitative estimate of drug-likeness (QED) is 0.250. The number of aryl methyl sites for hydroxylation is 1. The first-order valence-electron chi connectivity index (χ1n) is 13.3. The average molecular weight is 611 g/mol. The molecule has 1 N–H and O–H groups in total. The van der Waals surface area contributed by atoms with Crippen molar-refractivity contribution in [3.63, 3.8) is 0 Å². The van der Waals surface area contributed by atoms with Crippen LogP contribution in [-0.4, -0.2) is 56.3 Å². The van der Waals surface area contributed by atoms with E-state index in [-0.39, 0.29) is 31.0 Å². The molecule has 0 spiro atoms. The summed E-state index contributed by atoms with van der Waals surface area (Å²) in [5, 5.41) is 10.7. The smallest absolute Gasteiger partial charge is 0.347 e. The van der Waals surface area contributed by atoms with Crippen molar-refractivity contribution in [1.29, 1.82) is 0 Å². The molecule has 1 amide bonds. The molecule has 4 aromatic rings. The summed E-state index contributed by atoms with van der Waals surface area (Å²) in [6.07, 6.45) is -2.36. The molecule has 6 rings (SSSR count). The van der Waals surface area contributed by atoms with E-state index in [4.69, 9.17) is 9.97 Å². The zero-order valence-corrected chi connectivity index (χ0v) is 23.0. The summed E-state index contributed by atoms with van der Waals surface area (Å²) in [6, 6.07) is 2.90. The molecule has 0 saturated carbocycles. The maximum atomic E-state index is 13.6. The van der Waals surface area contributed by atoms with Crippen molar-refractivity contribution in [1.82, 2.24) is 30.0 Å². The fraction of sp³-hybridized carbons (Fsp3) is 0.423. The Bertz CT molecular complexity index is 1650. The van der Waals surface area contributed by atoms with Crippen LogP contribution in [0.4, 0.5) is 38.1 Å². The van der Waals surface area contributed by atoms with Crippen LogP contribution in [0, 0.1) is 17.5 Å². The molecule has 0 bridgehead atoms. The normalized spacial score (nSPS) is 17.3. The van der Waals surface area contributed by atoms with Gasteiger partial charge in [0.2, 0.25) is 11.8 Å².